The van der Waals surface area contributed by atoms with Crippen LogP contribution in [0.2, 0.25) is 0 Å². The second kappa shape index (κ2) is 3.46. The predicted octanol–water partition coefficient (Wildman–Crippen LogP) is 1.95. The Kier molecular flexibility index (Phi) is 2.07. The van der Waals surface area contributed by atoms with Gasteiger partial charge < -0.3 is 5.32 Å². The standard InChI is InChI=1S/C13H14N2O/c1-9(16)15-12-5-3-2-4-10(12)11-8-14-7-6-13(11)15/h2-5,14H,6-8H2,1H3. The third-order valence-corrected chi connectivity index (χ3v) is 3.24. The van der Waals surface area contributed by atoms with E-state index in [0.717, 1.165) is 25.0 Å². The fraction of sp³-hybridized carbons (Fsp3) is 0.308. The fourth-order valence-corrected chi connectivity index (χ4v) is 2.60. The lowest BCUT2D eigenvalue weighted by molar-refractivity contribution is 0.0938. The fourth-order valence-electron chi connectivity index (χ4n) is 2.60. The van der Waals surface area contributed by atoms with Gasteiger partial charge in [0.25, 0.3) is 0 Å². The number of para-hydroxylation sites is 1. The van der Waals surface area contributed by atoms with Gasteiger partial charge in [0, 0.05) is 37.5 Å². The molecule has 82 valence electrons. The molecule has 1 aromatic carbocycles. The van der Waals surface area contributed by atoms with Crippen molar-refractivity contribution in [2.45, 2.75) is 19.9 Å². The van der Waals surface area contributed by atoms with E-state index >= 15 is 0 Å². The van der Waals surface area contributed by atoms with E-state index in [4.69, 9.17) is 0 Å². The monoisotopic (exact) mass is 214 g/mol. The Morgan fingerprint density at radius 1 is 1.38 bits per heavy atom. The summed E-state index contributed by atoms with van der Waals surface area (Å²) < 4.78 is 1.87. The molecule has 0 fully saturated rings. The van der Waals surface area contributed by atoms with Gasteiger partial charge in [-0.2, -0.15) is 0 Å². The van der Waals surface area contributed by atoms with Gasteiger partial charge in [-0.25, -0.2) is 0 Å². The van der Waals surface area contributed by atoms with Gasteiger partial charge in [0.05, 0.1) is 5.52 Å². The van der Waals surface area contributed by atoms with Gasteiger partial charge >= 0.3 is 0 Å². The van der Waals surface area contributed by atoms with Crippen LogP contribution in [0.25, 0.3) is 10.9 Å². The summed E-state index contributed by atoms with van der Waals surface area (Å²) in [5.74, 6) is 0.111. The Morgan fingerprint density at radius 2 is 2.19 bits per heavy atom. The minimum Gasteiger partial charge on any atom is -0.312 e. The summed E-state index contributed by atoms with van der Waals surface area (Å²) in [4.78, 5) is 11.7. The zero-order valence-corrected chi connectivity index (χ0v) is 9.29. The van der Waals surface area contributed by atoms with Crippen LogP contribution in [0.15, 0.2) is 24.3 Å². The van der Waals surface area contributed by atoms with Crippen LogP contribution >= 0.6 is 0 Å². The molecule has 0 amide bonds. The van der Waals surface area contributed by atoms with Crippen LogP contribution in [0.1, 0.15) is 23.0 Å². The Balaban J connectivity index is 2.41. The molecule has 0 atom stereocenters. The Bertz CT molecular complexity index is 569. The van der Waals surface area contributed by atoms with E-state index in [0.29, 0.717) is 0 Å². The molecule has 0 bridgehead atoms. The first-order valence-corrected chi connectivity index (χ1v) is 5.62. The molecule has 2 heterocycles. The first-order chi connectivity index (χ1) is 7.79. The molecule has 1 N–H and O–H groups in total. The quantitative estimate of drug-likeness (QED) is 0.727. The van der Waals surface area contributed by atoms with Crippen molar-refractivity contribution in [3.63, 3.8) is 0 Å². The number of hydrogen-bond acceptors (Lipinski definition) is 2. The van der Waals surface area contributed by atoms with Crippen molar-refractivity contribution in [1.82, 2.24) is 9.88 Å². The number of nitrogens with one attached hydrogen (secondary N) is 1. The lowest BCUT2D eigenvalue weighted by Crippen LogP contribution is -2.25. The number of hydrogen-bond donors (Lipinski definition) is 1. The summed E-state index contributed by atoms with van der Waals surface area (Å²) in [5, 5.41) is 4.57. The Hall–Kier alpha value is -1.61. The van der Waals surface area contributed by atoms with E-state index < -0.39 is 0 Å². The van der Waals surface area contributed by atoms with Crippen LogP contribution in [-0.2, 0) is 13.0 Å². The van der Waals surface area contributed by atoms with E-state index in [2.05, 4.69) is 11.4 Å². The third-order valence-electron chi connectivity index (χ3n) is 3.24. The molecule has 2 aromatic rings. The van der Waals surface area contributed by atoms with Crippen LogP contribution in [0.5, 0.6) is 0 Å². The number of carbonyl (C=O) groups is 1. The molecule has 0 radical (unpaired) electrons. The number of carbonyl (C=O) groups excluding carboxylic acids is 1. The Labute approximate surface area is 94.1 Å². The highest BCUT2D eigenvalue weighted by Gasteiger charge is 2.20. The maximum Gasteiger partial charge on any atom is 0.228 e. The van der Waals surface area contributed by atoms with Crippen LogP contribution in [0, 0.1) is 0 Å². The van der Waals surface area contributed by atoms with Crippen molar-refractivity contribution in [1.29, 1.82) is 0 Å². The largest absolute Gasteiger partial charge is 0.312 e. The molecule has 1 aliphatic rings. The minimum absolute atomic E-state index is 0.111. The number of aromatic nitrogens is 1. The predicted molar refractivity (Wildman–Crippen MR) is 63.6 cm³/mol. The van der Waals surface area contributed by atoms with Gasteiger partial charge in [0.15, 0.2) is 0 Å². The average molecular weight is 214 g/mol. The first kappa shape index (κ1) is 9.60. The number of fused-ring (bicyclic) bond motifs is 3. The van der Waals surface area contributed by atoms with Crippen molar-refractivity contribution in [3.8, 4) is 0 Å². The molecule has 16 heavy (non-hydrogen) atoms. The molecular formula is C13H14N2O. The van der Waals surface area contributed by atoms with E-state index in [1.54, 1.807) is 6.92 Å². The van der Waals surface area contributed by atoms with Crippen molar-refractivity contribution in [3.05, 3.63) is 35.5 Å². The first-order valence-electron chi connectivity index (χ1n) is 5.62. The highest BCUT2D eigenvalue weighted by molar-refractivity contribution is 5.95. The average Bonchev–Trinajstić information content (AvgIpc) is 2.63. The molecule has 0 aliphatic carbocycles. The minimum atomic E-state index is 0.111. The second-order valence-corrected chi connectivity index (χ2v) is 4.22. The van der Waals surface area contributed by atoms with Gasteiger partial charge in [-0.05, 0) is 11.6 Å². The molecule has 0 spiro atoms. The van der Waals surface area contributed by atoms with Gasteiger partial charge in [0.2, 0.25) is 5.91 Å². The molecule has 1 aromatic heterocycles. The SMILES string of the molecule is CC(=O)n1c2c(c3ccccc31)CNCC2. The summed E-state index contributed by atoms with van der Waals surface area (Å²) >= 11 is 0. The summed E-state index contributed by atoms with van der Waals surface area (Å²) in [6.07, 6.45) is 0.934. The molecule has 1 aliphatic heterocycles. The smallest absolute Gasteiger partial charge is 0.228 e. The molecule has 3 heteroatoms. The van der Waals surface area contributed by atoms with Gasteiger partial charge in [0.1, 0.15) is 0 Å². The maximum atomic E-state index is 11.7. The van der Waals surface area contributed by atoms with Crippen molar-refractivity contribution < 1.29 is 4.79 Å². The topological polar surface area (TPSA) is 34.0 Å². The zero-order valence-electron chi connectivity index (χ0n) is 9.29. The van der Waals surface area contributed by atoms with Crippen LogP contribution < -0.4 is 5.32 Å². The van der Waals surface area contributed by atoms with Crippen molar-refractivity contribution in [2.24, 2.45) is 0 Å². The summed E-state index contributed by atoms with van der Waals surface area (Å²) in [5.41, 5.74) is 3.52. The van der Waals surface area contributed by atoms with E-state index in [-0.39, 0.29) is 5.91 Å². The highest BCUT2D eigenvalue weighted by Crippen LogP contribution is 2.28. The van der Waals surface area contributed by atoms with Crippen LogP contribution in [-0.4, -0.2) is 17.0 Å². The number of nitrogens with zero attached hydrogens (tertiary/aromatic N) is 1. The van der Waals surface area contributed by atoms with Crippen molar-refractivity contribution in [2.75, 3.05) is 6.54 Å². The van der Waals surface area contributed by atoms with Crippen LogP contribution in [0.3, 0.4) is 0 Å². The summed E-state index contributed by atoms with van der Waals surface area (Å²) in [6.45, 7) is 3.46. The van der Waals surface area contributed by atoms with E-state index in [9.17, 15) is 4.79 Å². The van der Waals surface area contributed by atoms with E-state index in [1.807, 2.05) is 22.8 Å². The van der Waals surface area contributed by atoms with Gasteiger partial charge in [-0.1, -0.05) is 18.2 Å². The lowest BCUT2D eigenvalue weighted by Gasteiger charge is -2.15. The molecule has 0 unspecified atom stereocenters. The molecule has 3 nitrogen and oxygen atoms in total. The maximum absolute atomic E-state index is 11.7. The number of rotatable bonds is 0. The molecule has 0 saturated heterocycles. The normalized spacial score (nSPS) is 15.1. The molecular weight excluding hydrogens is 200 g/mol. The zero-order chi connectivity index (χ0) is 11.1. The highest BCUT2D eigenvalue weighted by atomic mass is 16.1. The molecule has 0 saturated carbocycles. The van der Waals surface area contributed by atoms with Gasteiger partial charge in [-0.15, -0.1) is 0 Å². The lowest BCUT2D eigenvalue weighted by atomic mass is 10.1. The third kappa shape index (κ3) is 1.21. The summed E-state index contributed by atoms with van der Waals surface area (Å²) in [6, 6.07) is 8.14. The second-order valence-electron chi connectivity index (χ2n) is 4.22. The Morgan fingerprint density at radius 3 is 3.00 bits per heavy atom. The van der Waals surface area contributed by atoms with Gasteiger partial charge in [-0.3, -0.25) is 9.36 Å². The summed E-state index contributed by atoms with van der Waals surface area (Å²) in [7, 11) is 0. The number of benzene rings is 1. The van der Waals surface area contributed by atoms with Crippen molar-refractivity contribution >= 4 is 16.8 Å². The molecule has 3 rings (SSSR count). The van der Waals surface area contributed by atoms with E-state index in [1.165, 1.54) is 16.6 Å². The van der Waals surface area contributed by atoms with Crippen LogP contribution in [0.4, 0.5) is 0 Å².